The number of hydrogen-bond donors (Lipinski definition) is 1. The predicted octanol–water partition coefficient (Wildman–Crippen LogP) is 3.69. The van der Waals surface area contributed by atoms with E-state index in [1.807, 2.05) is 26.0 Å². The molecular weight excluding hydrogens is 262 g/mol. The number of hydrogen-bond acceptors (Lipinski definition) is 2. The fourth-order valence-corrected chi connectivity index (χ4v) is 2.00. The summed E-state index contributed by atoms with van der Waals surface area (Å²) in [5, 5.41) is 9.90. The molecule has 0 amide bonds. The smallest absolute Gasteiger partial charge is 0.164 e. The Morgan fingerprint density at radius 2 is 1.90 bits per heavy atom. The monoisotopic (exact) mass is 278 g/mol. The van der Waals surface area contributed by atoms with Crippen LogP contribution in [0.5, 0.6) is 5.75 Å². The van der Waals surface area contributed by atoms with Crippen LogP contribution in [0.4, 0.5) is 8.78 Å². The molecule has 2 nitrogen and oxygen atoms in total. The second kappa shape index (κ2) is 6.01. The van der Waals surface area contributed by atoms with Gasteiger partial charge in [0, 0.05) is 5.56 Å². The molecule has 0 aliphatic carbocycles. The molecule has 0 saturated carbocycles. The number of benzene rings is 2. The maximum absolute atomic E-state index is 13.5. The molecule has 0 saturated heterocycles. The van der Waals surface area contributed by atoms with Crippen LogP contribution in [-0.4, -0.2) is 11.7 Å². The summed E-state index contributed by atoms with van der Waals surface area (Å²) in [5.41, 5.74) is 1.93. The summed E-state index contributed by atoms with van der Waals surface area (Å²) < 4.78 is 32.1. The van der Waals surface area contributed by atoms with E-state index in [0.717, 1.165) is 17.2 Å². The summed E-state index contributed by atoms with van der Waals surface area (Å²) in [6.07, 6.45) is -1.22. The van der Waals surface area contributed by atoms with E-state index < -0.39 is 17.7 Å². The molecule has 1 N–H and O–H groups in total. The Hall–Kier alpha value is -1.94. The van der Waals surface area contributed by atoms with Crippen LogP contribution in [0.1, 0.15) is 22.8 Å². The molecule has 2 aromatic rings. The fourth-order valence-electron chi connectivity index (χ4n) is 2.00. The van der Waals surface area contributed by atoms with Crippen LogP contribution in [0, 0.1) is 25.5 Å². The highest BCUT2D eigenvalue weighted by Gasteiger charge is 2.16. The largest absolute Gasteiger partial charge is 0.490 e. The van der Waals surface area contributed by atoms with Crippen molar-refractivity contribution < 1.29 is 18.6 Å². The van der Waals surface area contributed by atoms with E-state index in [4.69, 9.17) is 4.74 Å². The van der Waals surface area contributed by atoms with E-state index in [0.29, 0.717) is 5.75 Å². The Kier molecular flexibility index (Phi) is 4.35. The quantitative estimate of drug-likeness (QED) is 0.924. The first-order valence-corrected chi connectivity index (χ1v) is 6.31. The lowest BCUT2D eigenvalue weighted by Gasteiger charge is -2.15. The normalized spacial score (nSPS) is 12.2. The maximum Gasteiger partial charge on any atom is 0.164 e. The maximum atomic E-state index is 13.5. The third kappa shape index (κ3) is 3.14. The highest BCUT2D eigenvalue weighted by Crippen LogP contribution is 2.23. The third-order valence-corrected chi connectivity index (χ3v) is 3.07. The van der Waals surface area contributed by atoms with Crippen molar-refractivity contribution in [2.75, 3.05) is 6.61 Å². The number of aliphatic hydroxyl groups is 1. The first-order chi connectivity index (χ1) is 9.49. The summed E-state index contributed by atoms with van der Waals surface area (Å²) in [6, 6.07) is 9.33. The topological polar surface area (TPSA) is 29.5 Å². The molecule has 0 aromatic heterocycles. The molecule has 0 radical (unpaired) electrons. The lowest BCUT2D eigenvalue weighted by Crippen LogP contribution is -2.12. The first kappa shape index (κ1) is 14.5. The van der Waals surface area contributed by atoms with Gasteiger partial charge in [0.05, 0.1) is 0 Å². The van der Waals surface area contributed by atoms with Crippen LogP contribution in [0.2, 0.25) is 0 Å². The summed E-state index contributed by atoms with van der Waals surface area (Å²) in [5.74, 6) is -1.40. The van der Waals surface area contributed by atoms with Gasteiger partial charge in [-0.05, 0) is 31.5 Å². The van der Waals surface area contributed by atoms with Crippen molar-refractivity contribution in [3.8, 4) is 5.75 Å². The molecular formula is C16H16F2O2. The van der Waals surface area contributed by atoms with Gasteiger partial charge in [-0.3, -0.25) is 0 Å². The summed E-state index contributed by atoms with van der Waals surface area (Å²) in [6.45, 7) is 3.72. The van der Waals surface area contributed by atoms with Crippen LogP contribution < -0.4 is 4.74 Å². The van der Waals surface area contributed by atoms with Crippen LogP contribution in [0.15, 0.2) is 36.4 Å². The lowest BCUT2D eigenvalue weighted by molar-refractivity contribution is 0.104. The molecule has 2 aromatic carbocycles. The minimum absolute atomic E-state index is 0.102. The zero-order valence-electron chi connectivity index (χ0n) is 11.4. The molecule has 1 atom stereocenters. The van der Waals surface area contributed by atoms with Crippen LogP contribution in [0.25, 0.3) is 0 Å². The van der Waals surface area contributed by atoms with E-state index in [-0.39, 0.29) is 12.2 Å². The number of aryl methyl sites for hydroxylation is 2. The van der Waals surface area contributed by atoms with Gasteiger partial charge in [0.1, 0.15) is 18.5 Å². The molecule has 0 aliphatic heterocycles. The van der Waals surface area contributed by atoms with Crippen molar-refractivity contribution in [3.63, 3.8) is 0 Å². The number of rotatable bonds is 4. The minimum atomic E-state index is -1.22. The Bertz CT molecular complexity index is 611. The SMILES string of the molecule is Cc1ccc(OCC(O)c2cccc(F)c2F)c(C)c1. The summed E-state index contributed by atoms with van der Waals surface area (Å²) in [4.78, 5) is 0. The standard InChI is InChI=1S/C16H16F2O2/c1-10-6-7-15(11(2)8-10)20-9-14(19)12-4-3-5-13(17)16(12)18/h3-8,14,19H,9H2,1-2H3. The number of ether oxygens (including phenoxy) is 1. The Balaban J connectivity index is 2.08. The van der Waals surface area contributed by atoms with Crippen molar-refractivity contribution in [2.24, 2.45) is 0 Å². The number of aliphatic hydroxyl groups excluding tert-OH is 1. The lowest BCUT2D eigenvalue weighted by atomic mass is 10.1. The molecule has 0 spiro atoms. The average Bonchev–Trinajstić information content (AvgIpc) is 2.40. The molecule has 1 unspecified atom stereocenters. The van der Waals surface area contributed by atoms with E-state index >= 15 is 0 Å². The minimum Gasteiger partial charge on any atom is -0.490 e. The van der Waals surface area contributed by atoms with E-state index in [2.05, 4.69) is 0 Å². The highest BCUT2D eigenvalue weighted by atomic mass is 19.2. The van der Waals surface area contributed by atoms with Gasteiger partial charge < -0.3 is 9.84 Å². The molecule has 0 aliphatic rings. The number of halogens is 2. The second-order valence-electron chi connectivity index (χ2n) is 4.74. The zero-order valence-corrected chi connectivity index (χ0v) is 11.4. The molecule has 106 valence electrons. The second-order valence-corrected chi connectivity index (χ2v) is 4.74. The van der Waals surface area contributed by atoms with Gasteiger partial charge in [0.15, 0.2) is 11.6 Å². The van der Waals surface area contributed by atoms with E-state index in [1.54, 1.807) is 6.07 Å². The van der Waals surface area contributed by atoms with Crippen molar-refractivity contribution >= 4 is 0 Å². The molecule has 0 heterocycles. The molecule has 4 heteroatoms. The molecule has 2 rings (SSSR count). The van der Waals surface area contributed by atoms with Gasteiger partial charge >= 0.3 is 0 Å². The van der Waals surface area contributed by atoms with Crippen molar-refractivity contribution in [3.05, 3.63) is 64.7 Å². The zero-order chi connectivity index (χ0) is 14.7. The van der Waals surface area contributed by atoms with Gasteiger partial charge in [-0.1, -0.05) is 29.8 Å². The Morgan fingerprint density at radius 1 is 1.15 bits per heavy atom. The van der Waals surface area contributed by atoms with Crippen LogP contribution in [-0.2, 0) is 0 Å². The van der Waals surface area contributed by atoms with Crippen molar-refractivity contribution in [1.29, 1.82) is 0 Å². The molecule has 0 fully saturated rings. The fraction of sp³-hybridized carbons (Fsp3) is 0.250. The third-order valence-electron chi connectivity index (χ3n) is 3.07. The van der Waals surface area contributed by atoms with Gasteiger partial charge in [0.2, 0.25) is 0 Å². The van der Waals surface area contributed by atoms with Gasteiger partial charge in [-0.25, -0.2) is 8.78 Å². The highest BCUT2D eigenvalue weighted by molar-refractivity contribution is 5.35. The van der Waals surface area contributed by atoms with Crippen LogP contribution >= 0.6 is 0 Å². The van der Waals surface area contributed by atoms with Gasteiger partial charge in [0.25, 0.3) is 0 Å². The first-order valence-electron chi connectivity index (χ1n) is 6.31. The predicted molar refractivity (Wildman–Crippen MR) is 72.7 cm³/mol. The molecule has 20 heavy (non-hydrogen) atoms. The van der Waals surface area contributed by atoms with Crippen molar-refractivity contribution in [2.45, 2.75) is 20.0 Å². The Morgan fingerprint density at radius 3 is 2.60 bits per heavy atom. The van der Waals surface area contributed by atoms with Crippen LogP contribution in [0.3, 0.4) is 0 Å². The van der Waals surface area contributed by atoms with Crippen molar-refractivity contribution in [1.82, 2.24) is 0 Å². The van der Waals surface area contributed by atoms with E-state index in [1.165, 1.54) is 12.1 Å². The molecule has 0 bridgehead atoms. The summed E-state index contributed by atoms with van der Waals surface area (Å²) in [7, 11) is 0. The Labute approximate surface area is 116 Å². The van der Waals surface area contributed by atoms with Gasteiger partial charge in [-0.15, -0.1) is 0 Å². The summed E-state index contributed by atoms with van der Waals surface area (Å²) >= 11 is 0. The van der Waals surface area contributed by atoms with Gasteiger partial charge in [-0.2, -0.15) is 0 Å². The van der Waals surface area contributed by atoms with E-state index in [9.17, 15) is 13.9 Å². The average molecular weight is 278 g/mol.